The minimum absolute atomic E-state index is 0.659. The van der Waals surface area contributed by atoms with Gasteiger partial charge in [-0.3, -0.25) is 0 Å². The van der Waals surface area contributed by atoms with E-state index < -0.39 is 0 Å². The fourth-order valence-corrected chi connectivity index (χ4v) is 1.25. The SMILES string of the molecule is O=NN(c1ccccc1)c1ccc[nH]1. The fourth-order valence-electron chi connectivity index (χ4n) is 1.25. The summed E-state index contributed by atoms with van der Waals surface area (Å²) in [4.78, 5) is 13.6. The number of hydrogen-bond acceptors (Lipinski definition) is 2. The zero-order chi connectivity index (χ0) is 9.80. The molecule has 0 atom stereocenters. The van der Waals surface area contributed by atoms with Crippen molar-refractivity contribution in [3.8, 4) is 0 Å². The second-order valence-electron chi connectivity index (χ2n) is 2.78. The first-order valence-electron chi connectivity index (χ1n) is 4.23. The topological polar surface area (TPSA) is 48.5 Å². The van der Waals surface area contributed by atoms with Crippen LogP contribution in [-0.4, -0.2) is 4.98 Å². The lowest BCUT2D eigenvalue weighted by Crippen LogP contribution is -2.07. The molecule has 0 amide bonds. The molecule has 70 valence electrons. The van der Waals surface area contributed by atoms with Crippen molar-refractivity contribution < 1.29 is 0 Å². The van der Waals surface area contributed by atoms with Crippen LogP contribution in [0.2, 0.25) is 0 Å². The summed E-state index contributed by atoms with van der Waals surface area (Å²) in [5.41, 5.74) is 0.741. The fraction of sp³-hybridized carbons (Fsp3) is 0. The van der Waals surface area contributed by atoms with Gasteiger partial charge in [0.25, 0.3) is 0 Å². The predicted molar refractivity (Wildman–Crippen MR) is 55.2 cm³/mol. The van der Waals surface area contributed by atoms with Gasteiger partial charge in [-0.25, -0.2) is 0 Å². The molecule has 0 aliphatic carbocycles. The number of aromatic amines is 1. The van der Waals surface area contributed by atoms with Gasteiger partial charge in [-0.05, 0) is 24.3 Å². The largest absolute Gasteiger partial charge is 0.347 e. The van der Waals surface area contributed by atoms with Crippen molar-refractivity contribution in [2.24, 2.45) is 5.29 Å². The normalized spacial score (nSPS) is 9.71. The van der Waals surface area contributed by atoms with Gasteiger partial charge in [-0.2, -0.15) is 5.01 Å². The highest BCUT2D eigenvalue weighted by molar-refractivity contribution is 5.58. The lowest BCUT2D eigenvalue weighted by molar-refractivity contribution is 1.04. The third kappa shape index (κ3) is 1.50. The first kappa shape index (κ1) is 8.50. The summed E-state index contributed by atoms with van der Waals surface area (Å²) < 4.78 is 0. The molecule has 1 aromatic heterocycles. The molecule has 14 heavy (non-hydrogen) atoms. The maximum atomic E-state index is 10.7. The Kier molecular flexibility index (Phi) is 2.27. The number of hydrogen-bond donors (Lipinski definition) is 1. The third-order valence-electron chi connectivity index (χ3n) is 1.89. The first-order chi connectivity index (χ1) is 6.92. The van der Waals surface area contributed by atoms with Crippen molar-refractivity contribution in [3.63, 3.8) is 0 Å². The van der Waals surface area contributed by atoms with E-state index in [0.717, 1.165) is 5.69 Å². The molecule has 0 saturated heterocycles. The van der Waals surface area contributed by atoms with Crippen LogP contribution in [0.4, 0.5) is 11.5 Å². The minimum atomic E-state index is 0.659. The molecule has 0 unspecified atom stereocenters. The van der Waals surface area contributed by atoms with Crippen molar-refractivity contribution in [2.75, 3.05) is 5.01 Å². The second kappa shape index (κ2) is 3.74. The number of anilines is 2. The van der Waals surface area contributed by atoms with Crippen LogP contribution in [0, 0.1) is 4.91 Å². The minimum Gasteiger partial charge on any atom is -0.347 e. The summed E-state index contributed by atoms with van der Waals surface area (Å²) in [6.07, 6.45) is 1.75. The Morgan fingerprint density at radius 3 is 2.43 bits per heavy atom. The summed E-state index contributed by atoms with van der Waals surface area (Å²) in [6.45, 7) is 0. The van der Waals surface area contributed by atoms with Crippen LogP contribution in [0.3, 0.4) is 0 Å². The van der Waals surface area contributed by atoms with Crippen LogP contribution in [0.5, 0.6) is 0 Å². The van der Waals surface area contributed by atoms with Gasteiger partial charge in [-0.1, -0.05) is 18.2 Å². The molecular weight excluding hydrogens is 178 g/mol. The predicted octanol–water partition coefficient (Wildman–Crippen LogP) is 2.83. The highest BCUT2D eigenvalue weighted by Gasteiger charge is 2.08. The highest BCUT2D eigenvalue weighted by atomic mass is 16.3. The number of benzene rings is 1. The van der Waals surface area contributed by atoms with Crippen LogP contribution < -0.4 is 5.01 Å². The van der Waals surface area contributed by atoms with Crippen molar-refractivity contribution in [3.05, 3.63) is 53.6 Å². The molecule has 4 heteroatoms. The van der Waals surface area contributed by atoms with Crippen LogP contribution in [0.25, 0.3) is 0 Å². The van der Waals surface area contributed by atoms with Gasteiger partial charge in [0, 0.05) is 6.20 Å². The number of aromatic nitrogens is 1. The van der Waals surface area contributed by atoms with E-state index in [4.69, 9.17) is 0 Å². The highest BCUT2D eigenvalue weighted by Crippen LogP contribution is 2.22. The molecule has 0 saturated carbocycles. The Bertz CT molecular complexity index is 397. The molecule has 0 aliphatic heterocycles. The van der Waals surface area contributed by atoms with Crippen molar-refractivity contribution in [1.82, 2.24) is 4.98 Å². The van der Waals surface area contributed by atoms with E-state index in [1.54, 1.807) is 12.3 Å². The number of nitrogens with zero attached hydrogens (tertiary/aromatic N) is 2. The average Bonchev–Trinajstić information content (AvgIpc) is 2.74. The third-order valence-corrected chi connectivity index (χ3v) is 1.89. The van der Waals surface area contributed by atoms with Gasteiger partial charge in [-0.15, -0.1) is 4.91 Å². The smallest absolute Gasteiger partial charge is 0.135 e. The van der Waals surface area contributed by atoms with Crippen molar-refractivity contribution in [1.29, 1.82) is 0 Å². The molecule has 1 heterocycles. The molecule has 2 rings (SSSR count). The van der Waals surface area contributed by atoms with Crippen LogP contribution in [0.15, 0.2) is 53.9 Å². The molecule has 0 fully saturated rings. The molecule has 0 bridgehead atoms. The molecule has 0 aliphatic rings. The number of rotatable bonds is 3. The second-order valence-corrected chi connectivity index (χ2v) is 2.78. The summed E-state index contributed by atoms with van der Waals surface area (Å²) in [5, 5.41) is 4.26. The Morgan fingerprint density at radius 2 is 1.86 bits per heavy atom. The van der Waals surface area contributed by atoms with Gasteiger partial charge >= 0.3 is 0 Å². The van der Waals surface area contributed by atoms with Gasteiger partial charge in [0.1, 0.15) is 5.82 Å². The summed E-state index contributed by atoms with van der Waals surface area (Å²) in [6, 6.07) is 12.9. The Balaban J connectivity index is 2.36. The zero-order valence-electron chi connectivity index (χ0n) is 7.42. The molecule has 0 spiro atoms. The van der Waals surface area contributed by atoms with E-state index >= 15 is 0 Å². The van der Waals surface area contributed by atoms with E-state index in [9.17, 15) is 4.91 Å². The molecule has 1 N–H and O–H groups in total. The number of nitrogens with one attached hydrogen (secondary N) is 1. The van der Waals surface area contributed by atoms with E-state index in [0.29, 0.717) is 5.82 Å². The van der Waals surface area contributed by atoms with E-state index in [2.05, 4.69) is 10.3 Å². The first-order valence-corrected chi connectivity index (χ1v) is 4.23. The molecule has 0 radical (unpaired) electrons. The number of H-pyrrole nitrogens is 1. The van der Waals surface area contributed by atoms with E-state index in [1.807, 2.05) is 36.4 Å². The number of nitroso groups, excluding NO2 is 1. The van der Waals surface area contributed by atoms with Crippen molar-refractivity contribution in [2.45, 2.75) is 0 Å². The van der Waals surface area contributed by atoms with Gasteiger partial charge in [0.15, 0.2) is 0 Å². The molecule has 1 aromatic carbocycles. The summed E-state index contributed by atoms with van der Waals surface area (Å²) in [5.74, 6) is 0.659. The maximum absolute atomic E-state index is 10.7. The maximum Gasteiger partial charge on any atom is 0.135 e. The molecular formula is C10H9N3O. The Hall–Kier alpha value is -2.10. The zero-order valence-corrected chi connectivity index (χ0v) is 7.42. The Morgan fingerprint density at radius 1 is 1.07 bits per heavy atom. The lowest BCUT2D eigenvalue weighted by atomic mass is 10.3. The van der Waals surface area contributed by atoms with Crippen molar-refractivity contribution >= 4 is 11.5 Å². The van der Waals surface area contributed by atoms with Gasteiger partial charge in [0.05, 0.1) is 11.0 Å². The van der Waals surface area contributed by atoms with Crippen LogP contribution in [-0.2, 0) is 0 Å². The molecule has 4 nitrogen and oxygen atoms in total. The lowest BCUT2D eigenvalue weighted by Gasteiger charge is -2.12. The van der Waals surface area contributed by atoms with Gasteiger partial charge < -0.3 is 4.98 Å². The monoisotopic (exact) mass is 187 g/mol. The van der Waals surface area contributed by atoms with Crippen LogP contribution >= 0.6 is 0 Å². The average molecular weight is 187 g/mol. The van der Waals surface area contributed by atoms with E-state index in [1.165, 1.54) is 5.01 Å². The van der Waals surface area contributed by atoms with Crippen LogP contribution in [0.1, 0.15) is 0 Å². The van der Waals surface area contributed by atoms with E-state index in [-0.39, 0.29) is 0 Å². The standard InChI is InChI=1S/C10H9N3O/c14-12-13(10-7-4-8-11-10)9-5-2-1-3-6-9/h1-8,11H. The summed E-state index contributed by atoms with van der Waals surface area (Å²) >= 11 is 0. The van der Waals surface area contributed by atoms with Gasteiger partial charge in [0.2, 0.25) is 0 Å². The molecule has 2 aromatic rings. The summed E-state index contributed by atoms with van der Waals surface area (Å²) in [7, 11) is 0. The Labute approximate surface area is 81.1 Å². The number of para-hydroxylation sites is 1. The quantitative estimate of drug-likeness (QED) is 0.593.